The Kier molecular flexibility index (Phi) is 8.75. The van der Waals surface area contributed by atoms with E-state index in [0.717, 1.165) is 27.8 Å². The lowest BCUT2D eigenvalue weighted by molar-refractivity contribution is -0.285. The summed E-state index contributed by atoms with van der Waals surface area (Å²) in [5, 5.41) is 0. The van der Waals surface area contributed by atoms with Crippen molar-refractivity contribution < 1.29 is 19.3 Å². The van der Waals surface area contributed by atoms with E-state index in [1.807, 2.05) is 54.6 Å². The summed E-state index contributed by atoms with van der Waals surface area (Å²) >= 11 is 0. The van der Waals surface area contributed by atoms with E-state index in [-0.39, 0.29) is 0 Å². The normalized spacial score (nSPS) is 10.8. The molecule has 3 aromatic rings. The van der Waals surface area contributed by atoms with E-state index in [4.69, 9.17) is 14.5 Å². The first-order valence-electron chi connectivity index (χ1n) is 10.3. The first kappa shape index (κ1) is 22.9. The maximum Gasteiger partial charge on any atom is 0.336 e. The van der Waals surface area contributed by atoms with Crippen LogP contribution >= 0.6 is 0 Å². The predicted octanol–water partition coefficient (Wildman–Crippen LogP) is 6.29. The summed E-state index contributed by atoms with van der Waals surface area (Å²) in [7, 11) is 0. The molecule has 0 aromatic heterocycles. The topological polar surface area (TPSA) is 44.8 Å². The molecule has 3 rings (SSSR count). The van der Waals surface area contributed by atoms with Gasteiger partial charge < -0.3 is 4.74 Å². The number of hydrogen-bond donors (Lipinski definition) is 0. The minimum Gasteiger partial charge on any atom is -0.423 e. The highest BCUT2D eigenvalue weighted by Gasteiger charge is 2.02. The van der Waals surface area contributed by atoms with E-state index < -0.39 is 5.97 Å². The fraction of sp³-hybridized carbons (Fsp3) is 0.107. The van der Waals surface area contributed by atoms with E-state index in [1.54, 1.807) is 24.3 Å². The molecule has 0 atom stereocenters. The average molecular weight is 427 g/mol. The van der Waals surface area contributed by atoms with Gasteiger partial charge in [-0.15, -0.1) is 6.58 Å². The Hall–Kier alpha value is -3.73. The fourth-order valence-corrected chi connectivity index (χ4v) is 2.95. The smallest absolute Gasteiger partial charge is 0.336 e. The lowest BCUT2D eigenvalue weighted by Gasteiger charge is -2.05. The van der Waals surface area contributed by atoms with E-state index >= 15 is 0 Å². The van der Waals surface area contributed by atoms with Crippen LogP contribution in [-0.4, -0.2) is 19.2 Å². The third-order valence-electron chi connectivity index (χ3n) is 4.69. The van der Waals surface area contributed by atoms with Gasteiger partial charge in [0.2, 0.25) is 0 Å². The van der Waals surface area contributed by atoms with Crippen molar-refractivity contribution in [3.8, 4) is 16.9 Å². The van der Waals surface area contributed by atoms with Crippen LogP contribution in [0.1, 0.15) is 16.7 Å². The van der Waals surface area contributed by atoms with Crippen molar-refractivity contribution in [2.24, 2.45) is 0 Å². The molecule has 4 nitrogen and oxygen atoms in total. The van der Waals surface area contributed by atoms with Crippen LogP contribution in [0.5, 0.6) is 5.75 Å². The zero-order valence-electron chi connectivity index (χ0n) is 17.9. The van der Waals surface area contributed by atoms with Crippen LogP contribution in [0.3, 0.4) is 0 Å². The third-order valence-corrected chi connectivity index (χ3v) is 4.69. The summed E-state index contributed by atoms with van der Waals surface area (Å²) in [5.74, 6) is 0.0635. The van der Waals surface area contributed by atoms with E-state index in [2.05, 4.69) is 25.3 Å². The molecule has 0 radical (unpaired) electrons. The number of esters is 1. The molecular formula is C28H26O4. The molecule has 0 bridgehead atoms. The monoisotopic (exact) mass is 426 g/mol. The molecule has 162 valence electrons. The molecule has 0 aliphatic rings. The van der Waals surface area contributed by atoms with Gasteiger partial charge in [-0.3, -0.25) is 0 Å². The van der Waals surface area contributed by atoms with Crippen molar-refractivity contribution in [1.82, 2.24) is 0 Å². The van der Waals surface area contributed by atoms with Crippen molar-refractivity contribution in [3.63, 3.8) is 0 Å². The van der Waals surface area contributed by atoms with Crippen LogP contribution in [0.2, 0.25) is 0 Å². The first-order chi connectivity index (χ1) is 15.7. The van der Waals surface area contributed by atoms with Gasteiger partial charge in [-0.1, -0.05) is 79.4 Å². The second-order valence-corrected chi connectivity index (χ2v) is 6.99. The second-order valence-electron chi connectivity index (χ2n) is 6.99. The zero-order valence-corrected chi connectivity index (χ0v) is 17.9. The maximum absolute atomic E-state index is 12.1. The van der Waals surface area contributed by atoms with Gasteiger partial charge in [0.15, 0.2) is 0 Å². The van der Waals surface area contributed by atoms with Gasteiger partial charge in [0.05, 0.1) is 6.61 Å². The largest absolute Gasteiger partial charge is 0.423 e. The standard InChI is InChI=1S/C28H26O4/c1-3-20-30-31-21-19-24-9-16-27(17-10-24)32-28(29)18-11-23-7-14-26(15-8-23)25-12-5-22(4-2)6-13-25/h3-18H,1-2,19-21H2/b18-11+. The summed E-state index contributed by atoms with van der Waals surface area (Å²) in [4.78, 5) is 22.0. The summed E-state index contributed by atoms with van der Waals surface area (Å²) < 4.78 is 5.36. The zero-order chi connectivity index (χ0) is 22.6. The minimum absolute atomic E-state index is 0.358. The molecule has 0 spiro atoms. The Labute approximate surface area is 189 Å². The van der Waals surface area contributed by atoms with Gasteiger partial charge in [-0.25, -0.2) is 14.6 Å². The van der Waals surface area contributed by atoms with Gasteiger partial charge in [-0.05, 0) is 52.4 Å². The summed E-state index contributed by atoms with van der Waals surface area (Å²) in [6.45, 7) is 8.11. The van der Waals surface area contributed by atoms with Gasteiger partial charge in [0.1, 0.15) is 12.4 Å². The molecule has 0 N–H and O–H groups in total. The third kappa shape index (κ3) is 7.20. The number of carbonyl (C=O) groups excluding carboxylic acids is 1. The molecule has 0 amide bonds. The maximum atomic E-state index is 12.1. The average Bonchev–Trinajstić information content (AvgIpc) is 2.84. The van der Waals surface area contributed by atoms with Crippen LogP contribution in [-0.2, 0) is 21.0 Å². The lowest BCUT2D eigenvalue weighted by atomic mass is 10.0. The number of benzene rings is 3. The highest BCUT2D eigenvalue weighted by atomic mass is 17.2. The van der Waals surface area contributed by atoms with Crippen molar-refractivity contribution in [2.75, 3.05) is 13.2 Å². The molecule has 0 aliphatic carbocycles. The molecule has 0 saturated carbocycles. The van der Waals surface area contributed by atoms with Crippen molar-refractivity contribution in [1.29, 1.82) is 0 Å². The highest BCUT2D eigenvalue weighted by molar-refractivity contribution is 5.88. The Balaban J connectivity index is 1.49. The van der Waals surface area contributed by atoms with Gasteiger partial charge in [-0.2, -0.15) is 0 Å². The van der Waals surface area contributed by atoms with E-state index in [9.17, 15) is 4.79 Å². The Morgan fingerprint density at radius 2 is 1.41 bits per heavy atom. The number of rotatable bonds is 11. The molecule has 0 saturated heterocycles. The fourth-order valence-electron chi connectivity index (χ4n) is 2.95. The number of ether oxygens (including phenoxy) is 1. The minimum atomic E-state index is -0.428. The van der Waals surface area contributed by atoms with Crippen LogP contribution in [0, 0.1) is 0 Å². The van der Waals surface area contributed by atoms with E-state index in [1.165, 1.54) is 6.08 Å². The highest BCUT2D eigenvalue weighted by Crippen LogP contribution is 2.21. The van der Waals surface area contributed by atoms with Crippen molar-refractivity contribution >= 4 is 18.1 Å². The molecule has 0 heterocycles. The number of hydrogen-bond acceptors (Lipinski definition) is 4. The Morgan fingerprint density at radius 3 is 2.00 bits per heavy atom. The molecular weight excluding hydrogens is 400 g/mol. The van der Waals surface area contributed by atoms with Crippen molar-refractivity contribution in [3.05, 3.63) is 115 Å². The SMILES string of the molecule is C=CCOOCCc1ccc(OC(=O)/C=C/c2ccc(-c3ccc(C=C)cc3)cc2)cc1. The molecule has 0 unspecified atom stereocenters. The quantitative estimate of drug-likeness (QED) is 0.0687. The van der Waals surface area contributed by atoms with Gasteiger partial charge >= 0.3 is 5.97 Å². The summed E-state index contributed by atoms with van der Waals surface area (Å²) in [6.07, 6.45) is 7.30. The van der Waals surface area contributed by atoms with Gasteiger partial charge in [0, 0.05) is 6.08 Å². The predicted molar refractivity (Wildman–Crippen MR) is 129 cm³/mol. The summed E-state index contributed by atoms with van der Waals surface area (Å²) in [5.41, 5.74) is 5.30. The number of carbonyl (C=O) groups is 1. The Bertz CT molecular complexity index is 1050. The molecule has 0 aliphatic heterocycles. The van der Waals surface area contributed by atoms with E-state index in [0.29, 0.717) is 25.4 Å². The molecule has 3 aromatic carbocycles. The van der Waals surface area contributed by atoms with Crippen molar-refractivity contribution in [2.45, 2.75) is 6.42 Å². The van der Waals surface area contributed by atoms with Crippen LogP contribution in [0.25, 0.3) is 23.3 Å². The molecule has 32 heavy (non-hydrogen) atoms. The van der Waals surface area contributed by atoms with Gasteiger partial charge in [0.25, 0.3) is 0 Å². The van der Waals surface area contributed by atoms with Crippen LogP contribution in [0.4, 0.5) is 0 Å². The molecule has 4 heteroatoms. The lowest BCUT2D eigenvalue weighted by Crippen LogP contribution is -2.04. The molecule has 0 fully saturated rings. The summed E-state index contributed by atoms with van der Waals surface area (Å²) in [6, 6.07) is 23.5. The second kappa shape index (κ2) is 12.2. The Morgan fingerprint density at radius 1 is 0.781 bits per heavy atom. The van der Waals surface area contributed by atoms with Crippen LogP contribution in [0.15, 0.2) is 98.1 Å². The van der Waals surface area contributed by atoms with Crippen LogP contribution < -0.4 is 4.74 Å². The first-order valence-corrected chi connectivity index (χ1v) is 10.3.